The molecule has 0 aromatic carbocycles. The molecule has 12 heteroatoms. The van der Waals surface area contributed by atoms with Gasteiger partial charge in [0.2, 0.25) is 0 Å². The van der Waals surface area contributed by atoms with Gasteiger partial charge in [-0.05, 0) is 32.1 Å². The molecule has 1 aliphatic rings. The Balaban J connectivity index is 0.00000729. The van der Waals surface area contributed by atoms with E-state index in [0.717, 1.165) is 6.42 Å². The van der Waals surface area contributed by atoms with Crippen LogP contribution >= 0.6 is 24.0 Å². The van der Waals surface area contributed by atoms with Crippen molar-refractivity contribution in [2.24, 2.45) is 10.9 Å². The van der Waals surface area contributed by atoms with Crippen molar-refractivity contribution in [1.82, 2.24) is 14.9 Å². The van der Waals surface area contributed by atoms with Gasteiger partial charge in [0.05, 0.1) is 6.10 Å². The second-order valence-electron chi connectivity index (χ2n) is 6.79. The fraction of sp³-hybridized carbons (Fsp3) is 0.938. The summed E-state index contributed by atoms with van der Waals surface area (Å²) in [6.45, 7) is 7.09. The van der Waals surface area contributed by atoms with Crippen molar-refractivity contribution in [2.45, 2.75) is 57.7 Å². The predicted molar refractivity (Wildman–Crippen MR) is 114 cm³/mol. The number of halogens is 4. The summed E-state index contributed by atoms with van der Waals surface area (Å²) >= 11 is 0. The molecule has 7 nitrogen and oxygen atoms in total. The predicted octanol–water partition coefficient (Wildman–Crippen LogP) is 2.53. The number of guanidine groups is 1. The minimum absolute atomic E-state index is 0. The highest BCUT2D eigenvalue weighted by Gasteiger charge is 2.50. The van der Waals surface area contributed by atoms with E-state index >= 15 is 0 Å². The number of rotatable bonds is 8. The van der Waals surface area contributed by atoms with E-state index < -0.39 is 15.5 Å². The third-order valence-corrected chi connectivity index (χ3v) is 6.13. The zero-order valence-corrected chi connectivity index (χ0v) is 19.9. The summed E-state index contributed by atoms with van der Waals surface area (Å²) in [5, 5.41) is 6.32. The minimum atomic E-state index is -5.25. The number of nitrogens with one attached hydrogen (secondary N) is 2. The van der Waals surface area contributed by atoms with Gasteiger partial charge in [-0.1, -0.05) is 13.8 Å². The van der Waals surface area contributed by atoms with E-state index in [2.05, 4.69) is 29.5 Å². The highest BCUT2D eigenvalue weighted by molar-refractivity contribution is 14.0. The monoisotopic (exact) mass is 544 g/mol. The Kier molecular flexibility index (Phi) is 12.2. The molecule has 1 atom stereocenters. The number of hydrogen-bond acceptors (Lipinski definition) is 4. The van der Waals surface area contributed by atoms with Crippen molar-refractivity contribution in [1.29, 1.82) is 0 Å². The first-order valence-electron chi connectivity index (χ1n) is 9.18. The average Bonchev–Trinajstić information content (AvgIpc) is 2.59. The lowest BCUT2D eigenvalue weighted by Gasteiger charge is -2.32. The smallest absolute Gasteiger partial charge is 0.378 e. The number of ether oxygens (including phenoxy) is 1. The molecule has 0 saturated carbocycles. The number of piperidine rings is 1. The van der Waals surface area contributed by atoms with Crippen molar-refractivity contribution >= 4 is 40.0 Å². The summed E-state index contributed by atoms with van der Waals surface area (Å²) in [4.78, 5) is 4.12. The molecule has 0 spiro atoms. The van der Waals surface area contributed by atoms with Crippen LogP contribution in [0.15, 0.2) is 4.99 Å². The van der Waals surface area contributed by atoms with Gasteiger partial charge in [-0.25, -0.2) is 8.42 Å². The molecule has 0 aromatic heterocycles. The largest absolute Gasteiger partial charge is 0.511 e. The standard InChI is InChI=1S/C16H31F3N4O3S.HI/c1-5-26-14(12(2)3)6-9-21-15(20-4)22-13-7-10-23(11-8-13)27(24,25)16(17,18)19;/h12-14H,5-11H2,1-4H3,(H2,20,21,22);1H. The quantitative estimate of drug-likeness (QED) is 0.279. The fourth-order valence-electron chi connectivity index (χ4n) is 2.93. The lowest BCUT2D eigenvalue weighted by molar-refractivity contribution is -0.0494. The van der Waals surface area contributed by atoms with Crippen LogP contribution in [0.3, 0.4) is 0 Å². The molecule has 1 fully saturated rings. The van der Waals surface area contributed by atoms with E-state index in [0.29, 0.717) is 29.3 Å². The first-order valence-corrected chi connectivity index (χ1v) is 10.6. The maximum atomic E-state index is 12.6. The highest BCUT2D eigenvalue weighted by Crippen LogP contribution is 2.28. The number of sulfonamides is 1. The summed E-state index contributed by atoms with van der Waals surface area (Å²) in [6, 6.07) is -0.135. The molecule has 168 valence electrons. The van der Waals surface area contributed by atoms with E-state index in [1.54, 1.807) is 7.05 Å². The van der Waals surface area contributed by atoms with Crippen LogP contribution in [-0.2, 0) is 14.8 Å². The van der Waals surface area contributed by atoms with E-state index in [1.807, 2.05) is 6.92 Å². The highest BCUT2D eigenvalue weighted by atomic mass is 127. The molecule has 0 radical (unpaired) electrons. The fourth-order valence-corrected chi connectivity index (χ4v) is 3.92. The van der Waals surface area contributed by atoms with Gasteiger partial charge < -0.3 is 15.4 Å². The topological polar surface area (TPSA) is 83.0 Å². The van der Waals surface area contributed by atoms with Gasteiger partial charge in [-0.3, -0.25) is 4.99 Å². The van der Waals surface area contributed by atoms with Gasteiger partial charge in [-0.2, -0.15) is 17.5 Å². The molecule has 0 aliphatic carbocycles. The lowest BCUT2D eigenvalue weighted by Crippen LogP contribution is -2.51. The molecular weight excluding hydrogens is 512 g/mol. The van der Waals surface area contributed by atoms with E-state index in [9.17, 15) is 21.6 Å². The van der Waals surface area contributed by atoms with Gasteiger partial charge >= 0.3 is 15.5 Å². The molecule has 28 heavy (non-hydrogen) atoms. The second kappa shape index (κ2) is 12.4. The lowest BCUT2D eigenvalue weighted by atomic mass is 10.0. The van der Waals surface area contributed by atoms with Crippen molar-refractivity contribution in [3.05, 3.63) is 0 Å². The van der Waals surface area contributed by atoms with E-state index in [4.69, 9.17) is 4.74 Å². The molecule has 1 unspecified atom stereocenters. The third-order valence-electron chi connectivity index (χ3n) is 4.50. The average molecular weight is 544 g/mol. The van der Waals surface area contributed by atoms with Crippen molar-refractivity contribution in [3.8, 4) is 0 Å². The maximum absolute atomic E-state index is 12.6. The Bertz CT molecular complexity index is 580. The molecule has 0 aromatic rings. The first-order chi connectivity index (χ1) is 12.5. The van der Waals surface area contributed by atoms with Crippen molar-refractivity contribution < 1.29 is 26.3 Å². The van der Waals surface area contributed by atoms with Crippen LogP contribution < -0.4 is 10.6 Å². The molecule has 1 rings (SSSR count). The number of hydrogen-bond donors (Lipinski definition) is 2. The molecular formula is C16H32F3IN4O3S. The number of alkyl halides is 3. The Morgan fingerprint density at radius 3 is 2.29 bits per heavy atom. The molecule has 0 bridgehead atoms. The Morgan fingerprint density at radius 1 is 1.29 bits per heavy atom. The zero-order valence-electron chi connectivity index (χ0n) is 16.8. The van der Waals surface area contributed by atoms with Crippen LogP contribution in [0.1, 0.15) is 40.0 Å². The van der Waals surface area contributed by atoms with Crippen LogP contribution in [0.4, 0.5) is 13.2 Å². The SMILES string of the molecule is CCOC(CCNC(=NC)NC1CCN(S(=O)(=O)C(F)(F)F)CC1)C(C)C.I. The Labute approximate surface area is 182 Å². The minimum Gasteiger partial charge on any atom is -0.378 e. The summed E-state index contributed by atoms with van der Waals surface area (Å²) in [6.07, 6.45) is 1.50. The molecule has 1 saturated heterocycles. The van der Waals surface area contributed by atoms with Gasteiger partial charge in [0.25, 0.3) is 0 Å². The van der Waals surface area contributed by atoms with Crippen molar-refractivity contribution in [3.63, 3.8) is 0 Å². The van der Waals surface area contributed by atoms with Crippen LogP contribution in [-0.4, -0.2) is 69.6 Å². The van der Waals surface area contributed by atoms with Gasteiger partial charge in [0, 0.05) is 39.3 Å². The van der Waals surface area contributed by atoms with Crippen LogP contribution in [0.2, 0.25) is 0 Å². The molecule has 0 amide bonds. The number of nitrogens with zero attached hydrogens (tertiary/aromatic N) is 2. The van der Waals surface area contributed by atoms with Gasteiger partial charge in [0.15, 0.2) is 5.96 Å². The Hall–Kier alpha value is -0.340. The first kappa shape index (κ1) is 27.7. The van der Waals surface area contributed by atoms with Crippen LogP contribution in [0.5, 0.6) is 0 Å². The summed E-state index contributed by atoms with van der Waals surface area (Å²) in [5.74, 6) is 0.938. The molecule has 1 heterocycles. The maximum Gasteiger partial charge on any atom is 0.511 e. The zero-order chi connectivity index (χ0) is 20.7. The molecule has 2 N–H and O–H groups in total. The van der Waals surface area contributed by atoms with Crippen LogP contribution in [0.25, 0.3) is 0 Å². The van der Waals surface area contributed by atoms with Crippen LogP contribution in [0, 0.1) is 5.92 Å². The Morgan fingerprint density at radius 2 is 1.86 bits per heavy atom. The molecule has 1 aliphatic heterocycles. The summed E-state index contributed by atoms with van der Waals surface area (Å²) in [5.41, 5.74) is -5.25. The third kappa shape index (κ3) is 8.19. The van der Waals surface area contributed by atoms with Crippen molar-refractivity contribution in [2.75, 3.05) is 33.3 Å². The number of aliphatic imine (C=N–C) groups is 1. The van der Waals surface area contributed by atoms with Gasteiger partial charge in [0.1, 0.15) is 0 Å². The second-order valence-corrected chi connectivity index (χ2v) is 8.72. The van der Waals surface area contributed by atoms with E-state index in [-0.39, 0.29) is 62.1 Å². The summed E-state index contributed by atoms with van der Waals surface area (Å²) < 4.78 is 66.9. The van der Waals surface area contributed by atoms with Gasteiger partial charge in [-0.15, -0.1) is 24.0 Å². The van der Waals surface area contributed by atoms with E-state index in [1.165, 1.54) is 0 Å². The normalized spacial score (nSPS) is 18.6. The summed E-state index contributed by atoms with van der Waals surface area (Å²) in [7, 11) is -3.64.